The van der Waals surface area contributed by atoms with E-state index < -0.39 is 6.10 Å². The Morgan fingerprint density at radius 2 is 0.479 bits per heavy atom. The zero-order chi connectivity index (χ0) is 73.5. The minimum absolute atomic E-state index is 0.00707. The number of aliphatic hydroxyl groups is 1. The average Bonchev–Trinajstić information content (AvgIpc) is 2.21. The van der Waals surface area contributed by atoms with Crippen molar-refractivity contribution in [2.45, 2.75) is 70.3 Å². The van der Waals surface area contributed by atoms with Crippen LogP contribution in [0.1, 0.15) is 64.2 Å². The van der Waals surface area contributed by atoms with Crippen molar-refractivity contribution >= 4 is 76.7 Å². The number of carbonyl (C=O) groups is 13. The van der Waals surface area contributed by atoms with Gasteiger partial charge in [-0.1, -0.05) is 91.6 Å². The van der Waals surface area contributed by atoms with Crippen LogP contribution in [0.3, 0.4) is 0 Å². The van der Waals surface area contributed by atoms with Gasteiger partial charge in [-0.25, -0.2) is 0 Å². The number of aliphatic hydroxyl groups excluding tert-OH is 1. The number of carbonyl (C=O) groups excluding carboxylic acids is 13. The van der Waals surface area contributed by atoms with Crippen molar-refractivity contribution < 1.29 is 67.4 Å². The fourth-order valence-electron chi connectivity index (χ4n) is 7.75. The third kappa shape index (κ3) is 51.2. The summed E-state index contributed by atoms with van der Waals surface area (Å²) in [5.74, 6) is -2.87. The molecule has 0 aromatic rings. The SMILES string of the molecule is C=CC(=O)CCCCN(CCCCN(CCCNC(=O)C=C)C(=O)C=C)C(=O)C=C.C=CC(=O)NCCCN(CCCNC(=O)C=C)C(=O)C=C.C=CC(=O)NCCN(CCN(CCCC(O)C=C)C(=O)C=C)C(=O)C=C.C=CC(=O)NCCN(CCNC(=O)C=C)C(=O)C=C. The molecule has 530 valence electrons. The largest absolute Gasteiger partial charge is 0.389 e. The van der Waals surface area contributed by atoms with Crippen LogP contribution < -0.4 is 31.9 Å². The van der Waals surface area contributed by atoms with E-state index in [0.717, 1.165) is 37.5 Å². The summed E-state index contributed by atoms with van der Waals surface area (Å²) in [6.07, 6.45) is 23.0. The van der Waals surface area contributed by atoms with E-state index in [-0.39, 0.29) is 89.8 Å². The van der Waals surface area contributed by atoms with E-state index in [1.165, 1.54) is 76.6 Å². The van der Waals surface area contributed by atoms with Crippen molar-refractivity contribution in [3.05, 3.63) is 177 Å². The Hall–Kier alpha value is -10.4. The van der Waals surface area contributed by atoms with E-state index in [9.17, 15) is 67.4 Å². The summed E-state index contributed by atoms with van der Waals surface area (Å²) in [4.78, 5) is 158. The Balaban J connectivity index is -0.000000597. The van der Waals surface area contributed by atoms with E-state index in [1.807, 2.05) is 0 Å². The highest BCUT2D eigenvalue weighted by molar-refractivity contribution is 5.92. The maximum absolute atomic E-state index is 12.0. The Labute approximate surface area is 568 Å². The summed E-state index contributed by atoms with van der Waals surface area (Å²) in [7, 11) is 0. The fourth-order valence-corrected chi connectivity index (χ4v) is 7.75. The second-order valence-corrected chi connectivity index (χ2v) is 20.0. The quantitative estimate of drug-likeness (QED) is 0.0262. The summed E-state index contributed by atoms with van der Waals surface area (Å²) in [6, 6.07) is 0. The number of hydrogen-bond acceptors (Lipinski definition) is 14. The molecule has 0 saturated heterocycles. The molecule has 26 heteroatoms. The highest BCUT2D eigenvalue weighted by Gasteiger charge is 2.18. The maximum atomic E-state index is 12.0. The standard InChI is InChI=1S/C23H35N3O4.C19H29N3O4.C15H23N3O3.C13H19N3O3/c1-5-20(27)14-9-10-16-25(22(29)7-3)17-11-12-18-26(23(30)8-4)19-13-15-24-21(28)6-2;1-5-16(23)10-9-12-21(18(25)7-3)14-15-22(19(26)8-4)13-11-20-17(24)6-2;1-4-13(19)16-9-7-11-18(15(21)6-3)12-8-10-17-14(20)5-2;1-4-11(17)14-7-9-16(13(19)6-3)10-8-15-12(18)5-2/h5-8H,1-4,9-19H2,(H,24,28);5-8,16,23H,1-4,9-15H2,(H,20,24);4-6H,1-3,7-12H2,(H,16,19)(H,17,20);4-6H,1-3,7-10H2,(H,14,17)(H,15,18). The number of rotatable bonds is 52. The van der Waals surface area contributed by atoms with Gasteiger partial charge in [-0.15, -0.1) is 6.58 Å². The van der Waals surface area contributed by atoms with Crippen molar-refractivity contribution in [3.8, 4) is 0 Å². The molecule has 7 N–H and O–H groups in total. The van der Waals surface area contributed by atoms with Gasteiger partial charge in [-0.05, 0) is 137 Å². The molecule has 1 atom stereocenters. The molecule has 1 unspecified atom stereocenters. The van der Waals surface area contributed by atoms with Crippen molar-refractivity contribution in [2.75, 3.05) is 118 Å². The van der Waals surface area contributed by atoms with Crippen LogP contribution in [0.25, 0.3) is 0 Å². The van der Waals surface area contributed by atoms with E-state index in [4.69, 9.17) is 0 Å². The van der Waals surface area contributed by atoms with Gasteiger partial charge >= 0.3 is 0 Å². The lowest BCUT2D eigenvalue weighted by molar-refractivity contribution is -0.130. The van der Waals surface area contributed by atoms with Gasteiger partial charge in [0, 0.05) is 124 Å². The topological polar surface area (TPSA) is 334 Å². The molecular formula is C70H106N12O14. The first-order valence-electron chi connectivity index (χ1n) is 31.2. The molecule has 0 aromatic carbocycles. The molecule has 0 saturated carbocycles. The molecule has 12 amide bonds. The molecule has 96 heavy (non-hydrogen) atoms. The lowest BCUT2D eigenvalue weighted by Gasteiger charge is -2.27. The number of ketones is 1. The second kappa shape index (κ2) is 62.1. The molecule has 0 spiro atoms. The Bertz CT molecular complexity index is 2530. The molecular weight excluding hydrogens is 1230 g/mol. The number of allylic oxidation sites excluding steroid dienone is 1. The van der Waals surface area contributed by atoms with Crippen molar-refractivity contribution in [3.63, 3.8) is 0 Å². The van der Waals surface area contributed by atoms with Crippen molar-refractivity contribution in [1.82, 2.24) is 61.3 Å². The Morgan fingerprint density at radius 3 is 0.729 bits per heavy atom. The van der Waals surface area contributed by atoms with Crippen LogP contribution in [0.15, 0.2) is 177 Å². The first kappa shape index (κ1) is 92.0. The van der Waals surface area contributed by atoms with Crippen LogP contribution in [0.2, 0.25) is 0 Å². The summed E-state index contributed by atoms with van der Waals surface area (Å²) >= 11 is 0. The molecule has 0 radical (unpaired) electrons. The minimum Gasteiger partial charge on any atom is -0.389 e. The summed E-state index contributed by atoms with van der Waals surface area (Å²) in [5, 5.41) is 25.2. The van der Waals surface area contributed by atoms with Crippen molar-refractivity contribution in [2.24, 2.45) is 0 Å². The van der Waals surface area contributed by atoms with Crippen LogP contribution in [-0.2, 0) is 62.3 Å². The number of nitrogens with zero attached hydrogens (tertiary/aromatic N) is 6. The molecule has 0 rings (SSSR count). The Morgan fingerprint density at radius 1 is 0.260 bits per heavy atom. The van der Waals surface area contributed by atoms with Crippen LogP contribution in [0, 0.1) is 0 Å². The van der Waals surface area contributed by atoms with Gasteiger partial charge in [0.2, 0.25) is 70.9 Å². The molecule has 26 nitrogen and oxygen atoms in total. The van der Waals surface area contributed by atoms with Gasteiger partial charge in [0.15, 0.2) is 5.78 Å². The van der Waals surface area contributed by atoms with Gasteiger partial charge in [-0.2, -0.15) is 0 Å². The van der Waals surface area contributed by atoms with E-state index in [2.05, 4.69) is 124 Å². The summed E-state index contributed by atoms with van der Waals surface area (Å²) in [6.45, 7) is 55.4. The fraction of sp³-hybridized carbons (Fsp3) is 0.414. The van der Waals surface area contributed by atoms with Gasteiger partial charge < -0.3 is 66.4 Å². The molecule has 0 aliphatic carbocycles. The van der Waals surface area contributed by atoms with Crippen LogP contribution >= 0.6 is 0 Å². The summed E-state index contributed by atoms with van der Waals surface area (Å²) in [5.41, 5.74) is 0. The van der Waals surface area contributed by atoms with Gasteiger partial charge in [0.25, 0.3) is 0 Å². The van der Waals surface area contributed by atoms with E-state index in [0.29, 0.717) is 150 Å². The Kier molecular flexibility index (Phi) is 59.5. The second-order valence-electron chi connectivity index (χ2n) is 20.0. The zero-order valence-electron chi connectivity index (χ0n) is 56.3. The number of unbranched alkanes of at least 4 members (excludes halogenated alkanes) is 2. The average molecular weight is 1340 g/mol. The van der Waals surface area contributed by atoms with Crippen LogP contribution in [0.4, 0.5) is 0 Å². The maximum Gasteiger partial charge on any atom is 0.246 e. The van der Waals surface area contributed by atoms with Crippen molar-refractivity contribution in [1.29, 1.82) is 0 Å². The van der Waals surface area contributed by atoms with E-state index >= 15 is 0 Å². The van der Waals surface area contributed by atoms with Gasteiger partial charge in [0.05, 0.1) is 6.10 Å². The van der Waals surface area contributed by atoms with Crippen LogP contribution in [-0.4, -0.2) is 235 Å². The lowest BCUT2D eigenvalue weighted by Crippen LogP contribution is -2.43. The lowest BCUT2D eigenvalue weighted by atomic mass is 10.1. The molecule has 0 aliphatic heterocycles. The molecule has 0 heterocycles. The molecule has 0 aliphatic rings. The first-order chi connectivity index (χ1) is 45.9. The molecule has 0 aromatic heterocycles. The first-order valence-corrected chi connectivity index (χ1v) is 31.2. The highest BCUT2D eigenvalue weighted by atomic mass is 16.3. The predicted molar refractivity (Wildman–Crippen MR) is 377 cm³/mol. The van der Waals surface area contributed by atoms with Gasteiger partial charge in [0.1, 0.15) is 0 Å². The third-order valence-electron chi connectivity index (χ3n) is 13.1. The third-order valence-corrected chi connectivity index (χ3v) is 13.1. The van der Waals surface area contributed by atoms with Gasteiger partial charge in [-0.3, -0.25) is 62.3 Å². The van der Waals surface area contributed by atoms with Crippen LogP contribution in [0.5, 0.6) is 0 Å². The normalized spacial score (nSPS) is 9.89. The predicted octanol–water partition coefficient (Wildman–Crippen LogP) is 3.05. The molecule has 0 bridgehead atoms. The van der Waals surface area contributed by atoms with E-state index in [1.54, 1.807) is 19.6 Å². The zero-order valence-corrected chi connectivity index (χ0v) is 56.3. The smallest absolute Gasteiger partial charge is 0.246 e. The molecule has 0 fully saturated rings. The summed E-state index contributed by atoms with van der Waals surface area (Å²) < 4.78 is 0. The number of amides is 12. The monoisotopic (exact) mass is 1340 g/mol. The number of nitrogens with one attached hydrogen (secondary N) is 6. The highest BCUT2D eigenvalue weighted by Crippen LogP contribution is 2.07. The number of hydrogen-bond donors (Lipinski definition) is 7. The minimum atomic E-state index is -0.608.